The van der Waals surface area contributed by atoms with Gasteiger partial charge in [-0.3, -0.25) is 0 Å². The molecule has 0 aromatic heterocycles. The zero-order valence-corrected chi connectivity index (χ0v) is 18.0. The van der Waals surface area contributed by atoms with Gasteiger partial charge in [0.15, 0.2) is 0 Å². The molecule has 2 aliphatic rings. The number of anilines is 1. The second-order valence-electron chi connectivity index (χ2n) is 8.86. The summed E-state index contributed by atoms with van der Waals surface area (Å²) < 4.78 is 6.12. The lowest BCUT2D eigenvalue weighted by Gasteiger charge is -2.24. The number of hydrogen-bond donors (Lipinski definition) is 2. The summed E-state index contributed by atoms with van der Waals surface area (Å²) in [6, 6.07) is 16.8. The number of ether oxygens (including phenoxy) is 1. The fourth-order valence-electron chi connectivity index (χ4n) is 5.02. The zero-order valence-electron chi connectivity index (χ0n) is 18.0. The predicted octanol–water partition coefficient (Wildman–Crippen LogP) is 5.12. The van der Waals surface area contributed by atoms with Crippen LogP contribution in [-0.4, -0.2) is 32.0 Å². The maximum Gasteiger partial charge on any atom is 0.130 e. The summed E-state index contributed by atoms with van der Waals surface area (Å²) in [6.45, 7) is 5.65. The Hall–Kier alpha value is -2.33. The first kappa shape index (κ1) is 20.9. The molecule has 0 bridgehead atoms. The maximum absolute atomic E-state index is 12.0. The lowest BCUT2D eigenvalue weighted by molar-refractivity contribution is -0.117. The van der Waals surface area contributed by atoms with Gasteiger partial charge in [0.2, 0.25) is 0 Å². The molecule has 3 atom stereocenters. The van der Waals surface area contributed by atoms with Gasteiger partial charge in [0.05, 0.1) is 6.61 Å². The van der Waals surface area contributed by atoms with E-state index in [-0.39, 0.29) is 17.6 Å². The molecule has 1 saturated heterocycles. The van der Waals surface area contributed by atoms with Crippen molar-refractivity contribution in [3.8, 4) is 5.75 Å². The van der Waals surface area contributed by atoms with Gasteiger partial charge in [-0.15, -0.1) is 0 Å². The van der Waals surface area contributed by atoms with Gasteiger partial charge < -0.3 is 20.2 Å². The van der Waals surface area contributed by atoms with Crippen LogP contribution in [0.4, 0.5) is 5.69 Å². The second kappa shape index (κ2) is 10.1. The molecule has 1 fully saturated rings. The fourth-order valence-corrected chi connectivity index (χ4v) is 5.02. The molecular weight excluding hydrogens is 372 g/mol. The molecule has 2 heterocycles. The van der Waals surface area contributed by atoms with Crippen molar-refractivity contribution in [2.75, 3.05) is 31.6 Å². The molecule has 0 aliphatic carbocycles. The van der Waals surface area contributed by atoms with Gasteiger partial charge in [-0.25, -0.2) is 0 Å². The lowest BCUT2D eigenvalue weighted by atomic mass is 9.79. The van der Waals surface area contributed by atoms with Crippen LogP contribution in [0.5, 0.6) is 5.75 Å². The lowest BCUT2D eigenvalue weighted by Crippen LogP contribution is -2.29. The van der Waals surface area contributed by atoms with Crippen LogP contribution in [-0.2, 0) is 4.79 Å². The third kappa shape index (κ3) is 5.23. The smallest absolute Gasteiger partial charge is 0.130 e. The van der Waals surface area contributed by atoms with Gasteiger partial charge in [-0.05, 0) is 86.9 Å². The highest BCUT2D eigenvalue weighted by Crippen LogP contribution is 2.44. The first-order valence-electron chi connectivity index (χ1n) is 11.5. The summed E-state index contributed by atoms with van der Waals surface area (Å²) in [7, 11) is 0. The third-order valence-corrected chi connectivity index (χ3v) is 6.58. The number of hydrogen-bond acceptors (Lipinski definition) is 4. The van der Waals surface area contributed by atoms with Crippen LogP contribution < -0.4 is 15.4 Å². The zero-order chi connectivity index (χ0) is 20.8. The average molecular weight is 407 g/mol. The molecule has 0 radical (unpaired) electrons. The molecule has 4 rings (SSSR count). The van der Waals surface area contributed by atoms with E-state index in [1.807, 2.05) is 6.07 Å². The summed E-state index contributed by atoms with van der Waals surface area (Å²) in [5, 5.41) is 7.03. The van der Waals surface area contributed by atoms with Crippen molar-refractivity contribution < 1.29 is 9.53 Å². The quantitative estimate of drug-likeness (QED) is 0.568. The topological polar surface area (TPSA) is 50.4 Å². The molecular formula is C26H34N2O2. The molecule has 4 heteroatoms. The normalized spacial score (nSPS) is 21.5. The Morgan fingerprint density at radius 1 is 1.17 bits per heavy atom. The van der Waals surface area contributed by atoms with E-state index >= 15 is 0 Å². The third-order valence-electron chi connectivity index (χ3n) is 6.58. The van der Waals surface area contributed by atoms with Crippen molar-refractivity contribution in [1.29, 1.82) is 0 Å². The van der Waals surface area contributed by atoms with Gasteiger partial charge in [0.25, 0.3) is 0 Å². The van der Waals surface area contributed by atoms with Crippen LogP contribution >= 0.6 is 0 Å². The number of rotatable bonds is 9. The Labute approximate surface area is 180 Å². The molecule has 0 amide bonds. The van der Waals surface area contributed by atoms with Crippen molar-refractivity contribution in [3.05, 3.63) is 59.7 Å². The summed E-state index contributed by atoms with van der Waals surface area (Å²) in [5.74, 6) is 2.45. The summed E-state index contributed by atoms with van der Waals surface area (Å²) in [4.78, 5) is 12.0. The fraction of sp³-hybridized carbons (Fsp3) is 0.500. The van der Waals surface area contributed by atoms with Crippen molar-refractivity contribution in [3.63, 3.8) is 0 Å². The molecule has 30 heavy (non-hydrogen) atoms. The van der Waals surface area contributed by atoms with Gasteiger partial charge in [-0.2, -0.15) is 0 Å². The van der Waals surface area contributed by atoms with Gasteiger partial charge in [-0.1, -0.05) is 30.3 Å². The average Bonchev–Trinajstić information content (AvgIpc) is 3.19. The van der Waals surface area contributed by atoms with Crippen LogP contribution in [0.15, 0.2) is 48.5 Å². The van der Waals surface area contributed by atoms with Gasteiger partial charge in [0.1, 0.15) is 11.5 Å². The van der Waals surface area contributed by atoms with Crippen molar-refractivity contribution in [1.82, 2.24) is 5.32 Å². The highest BCUT2D eigenvalue weighted by Gasteiger charge is 2.32. The molecule has 160 valence electrons. The Bertz CT molecular complexity index is 830. The Morgan fingerprint density at radius 3 is 2.80 bits per heavy atom. The van der Waals surface area contributed by atoms with Crippen molar-refractivity contribution in [2.24, 2.45) is 5.92 Å². The largest absolute Gasteiger partial charge is 0.494 e. The van der Waals surface area contributed by atoms with Crippen molar-refractivity contribution >= 4 is 11.5 Å². The van der Waals surface area contributed by atoms with Crippen LogP contribution in [0.3, 0.4) is 0 Å². The molecule has 3 unspecified atom stereocenters. The minimum absolute atomic E-state index is 0.187. The number of piperidine rings is 1. The highest BCUT2D eigenvalue weighted by molar-refractivity contribution is 5.77. The van der Waals surface area contributed by atoms with Gasteiger partial charge >= 0.3 is 0 Å². The van der Waals surface area contributed by atoms with E-state index in [0.29, 0.717) is 6.42 Å². The number of carbonyl (C=O) groups is 1. The second-order valence-corrected chi connectivity index (χ2v) is 8.86. The molecule has 2 aromatic rings. The first-order chi connectivity index (χ1) is 14.7. The van der Waals surface area contributed by atoms with E-state index < -0.39 is 0 Å². The number of benzene rings is 2. The van der Waals surface area contributed by atoms with E-state index in [0.717, 1.165) is 37.8 Å². The maximum atomic E-state index is 12.0. The van der Waals surface area contributed by atoms with E-state index in [4.69, 9.17) is 4.74 Å². The SMILES string of the molecule is CC(=O)CC(c1ccccc1)C1CNc2ccc(OCCCC3CCCNC3)cc21. The number of carbonyl (C=O) groups excluding carboxylic acids is 1. The minimum atomic E-state index is 0.187. The molecule has 2 N–H and O–H groups in total. The monoisotopic (exact) mass is 406 g/mol. The molecule has 0 saturated carbocycles. The number of Topliss-reactive ketones (excluding diaryl/α,β-unsaturated/α-hetero) is 1. The Morgan fingerprint density at radius 2 is 2.03 bits per heavy atom. The van der Waals surface area contributed by atoms with Crippen LogP contribution in [0, 0.1) is 5.92 Å². The highest BCUT2D eigenvalue weighted by atomic mass is 16.5. The summed E-state index contributed by atoms with van der Waals surface area (Å²) >= 11 is 0. The van der Waals surface area contributed by atoms with E-state index in [2.05, 4.69) is 53.1 Å². The summed E-state index contributed by atoms with van der Waals surface area (Å²) in [6.07, 6.45) is 5.54. The Kier molecular flexibility index (Phi) is 7.06. The van der Waals surface area contributed by atoms with E-state index in [9.17, 15) is 4.79 Å². The molecule has 2 aromatic carbocycles. The first-order valence-corrected chi connectivity index (χ1v) is 11.5. The van der Waals surface area contributed by atoms with Crippen LogP contribution in [0.2, 0.25) is 0 Å². The molecule has 2 aliphatic heterocycles. The summed E-state index contributed by atoms with van der Waals surface area (Å²) in [5.41, 5.74) is 3.68. The molecule has 4 nitrogen and oxygen atoms in total. The number of nitrogens with one attached hydrogen (secondary N) is 2. The van der Waals surface area contributed by atoms with Crippen LogP contribution in [0.1, 0.15) is 62.0 Å². The van der Waals surface area contributed by atoms with Gasteiger partial charge in [0, 0.05) is 24.6 Å². The number of ketones is 1. The number of fused-ring (bicyclic) bond motifs is 1. The van der Waals surface area contributed by atoms with E-state index in [1.165, 1.54) is 42.6 Å². The predicted molar refractivity (Wildman–Crippen MR) is 122 cm³/mol. The van der Waals surface area contributed by atoms with E-state index in [1.54, 1.807) is 6.92 Å². The standard InChI is InChI=1S/C26H34N2O2/c1-19(29)15-23(21-9-3-2-4-10-21)25-18-28-26-12-11-22(16-24(25)26)30-14-6-8-20-7-5-13-27-17-20/h2-4,9-12,16,20,23,25,27-28H,5-8,13-15,17-18H2,1H3. The van der Waals surface area contributed by atoms with Crippen molar-refractivity contribution in [2.45, 2.75) is 50.9 Å². The van der Waals surface area contributed by atoms with Crippen LogP contribution in [0.25, 0.3) is 0 Å². The Balaban J connectivity index is 1.41. The molecule has 0 spiro atoms. The minimum Gasteiger partial charge on any atom is -0.494 e.